The Morgan fingerprint density at radius 1 is 1.21 bits per heavy atom. The summed E-state index contributed by atoms with van der Waals surface area (Å²) in [4.78, 5) is 48.8. The average Bonchev–Trinajstić information content (AvgIpc) is 2.98. The van der Waals surface area contributed by atoms with Crippen LogP contribution in [0.2, 0.25) is 0 Å². The third-order valence-electron chi connectivity index (χ3n) is 3.86. The minimum atomic E-state index is -1.03. The van der Waals surface area contributed by atoms with Crippen molar-refractivity contribution in [2.45, 2.75) is 13.0 Å². The van der Waals surface area contributed by atoms with Crippen molar-refractivity contribution >= 4 is 63.5 Å². The Morgan fingerprint density at radius 2 is 1.90 bits per heavy atom. The normalized spacial score (nSPS) is 16.0. The van der Waals surface area contributed by atoms with E-state index in [-0.39, 0.29) is 11.5 Å². The van der Waals surface area contributed by atoms with Gasteiger partial charge in [-0.3, -0.25) is 14.5 Å². The summed E-state index contributed by atoms with van der Waals surface area (Å²) in [7, 11) is 3.88. The average molecular weight is 535 g/mol. The second-order valence-corrected chi connectivity index (χ2v) is 7.81. The van der Waals surface area contributed by atoms with Gasteiger partial charge in [-0.2, -0.15) is 0 Å². The lowest BCUT2D eigenvalue weighted by molar-refractivity contribution is -0.148. The van der Waals surface area contributed by atoms with Gasteiger partial charge in [0.15, 0.2) is 18.1 Å². The van der Waals surface area contributed by atoms with Crippen molar-refractivity contribution in [1.82, 2.24) is 4.90 Å². The van der Waals surface area contributed by atoms with Gasteiger partial charge in [-0.05, 0) is 65.0 Å². The van der Waals surface area contributed by atoms with E-state index in [4.69, 9.17) is 9.47 Å². The molecule has 0 radical (unpaired) electrons. The number of halogens is 1. The zero-order chi connectivity index (χ0) is 21.7. The second-order valence-electron chi connectivity index (χ2n) is 5.65. The van der Waals surface area contributed by atoms with Gasteiger partial charge in [-0.1, -0.05) is 0 Å². The fraction of sp³-hybridized carbons (Fsp3) is 0.333. The van der Waals surface area contributed by atoms with Gasteiger partial charge in [-0.15, -0.1) is 0 Å². The van der Waals surface area contributed by atoms with Crippen LogP contribution in [0.25, 0.3) is 6.08 Å². The molecule has 0 saturated carbocycles. The molecule has 0 spiro atoms. The molecule has 0 aliphatic carbocycles. The van der Waals surface area contributed by atoms with E-state index in [9.17, 15) is 19.2 Å². The topological polar surface area (TPSA) is 108 Å². The third kappa shape index (κ3) is 5.21. The van der Waals surface area contributed by atoms with Crippen LogP contribution in [0.1, 0.15) is 12.5 Å². The van der Waals surface area contributed by atoms with Gasteiger partial charge in [0, 0.05) is 0 Å². The maximum absolute atomic E-state index is 12.6. The largest absolute Gasteiger partial charge is 0.493 e. The number of thioether (sulfide) groups is 1. The molecule has 1 heterocycles. The Bertz CT molecular complexity index is 885. The Morgan fingerprint density at radius 3 is 2.48 bits per heavy atom. The molecule has 0 unspecified atom stereocenters. The summed E-state index contributed by atoms with van der Waals surface area (Å²) in [6.07, 6.45) is 1.52. The van der Waals surface area contributed by atoms with Gasteiger partial charge in [-0.25, -0.2) is 9.59 Å². The SMILES string of the molecule is COC(=O)COc1c(I)cc(/C=C2/SC(=O)N([C@@H](C)C(=O)OC)C2=O)cc1OC. The number of methoxy groups -OCH3 is 3. The van der Waals surface area contributed by atoms with Crippen LogP contribution in [0.5, 0.6) is 11.5 Å². The molecule has 156 valence electrons. The molecular formula is C18H18INO8S. The number of hydrogen-bond acceptors (Lipinski definition) is 9. The first kappa shape index (κ1) is 23.0. The predicted molar refractivity (Wildman–Crippen MR) is 113 cm³/mol. The van der Waals surface area contributed by atoms with Gasteiger partial charge in [0.25, 0.3) is 11.1 Å². The van der Waals surface area contributed by atoms with Crippen molar-refractivity contribution in [3.05, 3.63) is 26.2 Å². The third-order valence-corrected chi connectivity index (χ3v) is 5.55. The van der Waals surface area contributed by atoms with Crippen molar-refractivity contribution in [3.63, 3.8) is 0 Å². The predicted octanol–water partition coefficient (Wildman–Crippen LogP) is 2.45. The number of hydrogen-bond donors (Lipinski definition) is 0. The summed E-state index contributed by atoms with van der Waals surface area (Å²) in [5.41, 5.74) is 0.577. The minimum Gasteiger partial charge on any atom is -0.493 e. The lowest BCUT2D eigenvalue weighted by Crippen LogP contribution is -2.42. The van der Waals surface area contributed by atoms with E-state index in [0.29, 0.717) is 20.6 Å². The van der Waals surface area contributed by atoms with Gasteiger partial charge >= 0.3 is 11.9 Å². The van der Waals surface area contributed by atoms with Crippen LogP contribution in [0, 0.1) is 3.57 Å². The van der Waals surface area contributed by atoms with Crippen molar-refractivity contribution in [2.24, 2.45) is 0 Å². The lowest BCUT2D eigenvalue weighted by Gasteiger charge is -2.18. The summed E-state index contributed by atoms with van der Waals surface area (Å²) in [6.45, 7) is 1.14. The summed E-state index contributed by atoms with van der Waals surface area (Å²) in [5, 5.41) is -0.557. The molecule has 0 N–H and O–H groups in total. The van der Waals surface area contributed by atoms with Crippen LogP contribution in [-0.4, -0.2) is 62.0 Å². The van der Waals surface area contributed by atoms with Crippen molar-refractivity contribution < 1.29 is 38.1 Å². The van der Waals surface area contributed by atoms with Crippen molar-refractivity contribution in [3.8, 4) is 11.5 Å². The number of nitrogens with zero attached hydrogens (tertiary/aromatic N) is 1. The minimum absolute atomic E-state index is 0.159. The molecule has 9 nitrogen and oxygen atoms in total. The summed E-state index contributed by atoms with van der Waals surface area (Å²) in [6, 6.07) is 2.28. The number of imide groups is 1. The van der Waals surface area contributed by atoms with Crippen molar-refractivity contribution in [1.29, 1.82) is 0 Å². The van der Waals surface area contributed by atoms with Crippen molar-refractivity contribution in [2.75, 3.05) is 27.9 Å². The van der Waals surface area contributed by atoms with E-state index in [1.807, 2.05) is 22.6 Å². The van der Waals surface area contributed by atoms with E-state index in [1.54, 1.807) is 12.1 Å². The lowest BCUT2D eigenvalue weighted by atomic mass is 10.1. The smallest absolute Gasteiger partial charge is 0.343 e. The highest BCUT2D eigenvalue weighted by Crippen LogP contribution is 2.37. The van der Waals surface area contributed by atoms with Crippen LogP contribution < -0.4 is 9.47 Å². The molecule has 1 aromatic carbocycles. The fourth-order valence-electron chi connectivity index (χ4n) is 2.39. The Hall–Kier alpha value is -2.28. The molecule has 1 aromatic rings. The van der Waals surface area contributed by atoms with Gasteiger partial charge in [0.2, 0.25) is 0 Å². The standard InChI is InChI=1S/C18H18INO8S/c1-9(17(23)27-4)20-16(22)13(29-18(20)24)7-10-5-11(19)15(12(6-10)25-2)28-8-14(21)26-3/h5-7,9H,8H2,1-4H3/b13-7+/t9-/m0/s1. The van der Waals surface area contributed by atoms with Gasteiger partial charge < -0.3 is 18.9 Å². The second kappa shape index (κ2) is 9.96. The summed E-state index contributed by atoms with van der Waals surface area (Å²) in [5.74, 6) is -1.12. The first-order valence-corrected chi connectivity index (χ1v) is 10.0. The Labute approximate surface area is 184 Å². The number of carbonyl (C=O) groups is 4. The molecule has 1 saturated heterocycles. The summed E-state index contributed by atoms with van der Waals surface area (Å²) < 4.78 is 20.5. The maximum Gasteiger partial charge on any atom is 0.343 e. The number of carbonyl (C=O) groups excluding carboxylic acids is 4. The van der Waals surface area contributed by atoms with E-state index in [1.165, 1.54) is 34.3 Å². The number of ether oxygens (including phenoxy) is 4. The first-order valence-electron chi connectivity index (χ1n) is 8.15. The molecule has 1 aliphatic rings. The summed E-state index contributed by atoms with van der Waals surface area (Å²) >= 11 is 2.73. The van der Waals surface area contributed by atoms with E-state index in [0.717, 1.165) is 16.7 Å². The van der Waals surface area contributed by atoms with Crippen LogP contribution in [-0.2, 0) is 23.9 Å². The van der Waals surface area contributed by atoms with Crippen LogP contribution in [0.3, 0.4) is 0 Å². The zero-order valence-corrected chi connectivity index (χ0v) is 19.0. The first-order chi connectivity index (χ1) is 13.7. The van der Waals surface area contributed by atoms with Crippen LogP contribution >= 0.6 is 34.4 Å². The maximum atomic E-state index is 12.6. The molecule has 1 atom stereocenters. The van der Waals surface area contributed by atoms with Crippen LogP contribution in [0.4, 0.5) is 4.79 Å². The molecule has 0 bridgehead atoms. The number of benzene rings is 1. The van der Waals surface area contributed by atoms with Gasteiger partial charge in [0.1, 0.15) is 6.04 Å². The highest BCUT2D eigenvalue weighted by molar-refractivity contribution is 14.1. The molecule has 1 fully saturated rings. The monoisotopic (exact) mass is 535 g/mol. The fourth-order valence-corrected chi connectivity index (χ4v) is 4.08. The zero-order valence-electron chi connectivity index (χ0n) is 16.0. The van der Waals surface area contributed by atoms with E-state index < -0.39 is 29.1 Å². The van der Waals surface area contributed by atoms with Gasteiger partial charge in [0.05, 0.1) is 29.8 Å². The molecule has 1 aliphatic heterocycles. The highest BCUT2D eigenvalue weighted by atomic mass is 127. The Balaban J connectivity index is 2.31. The number of amides is 2. The quantitative estimate of drug-likeness (QED) is 0.296. The number of esters is 2. The Kier molecular flexibility index (Phi) is 7.90. The molecule has 2 amide bonds. The molecule has 0 aromatic heterocycles. The number of rotatable bonds is 7. The highest BCUT2D eigenvalue weighted by Gasteiger charge is 2.41. The molecule has 29 heavy (non-hydrogen) atoms. The van der Waals surface area contributed by atoms with E-state index in [2.05, 4.69) is 9.47 Å². The molecule has 11 heteroatoms. The molecule has 2 rings (SSSR count). The van der Waals surface area contributed by atoms with Crippen LogP contribution in [0.15, 0.2) is 17.0 Å². The molecular weight excluding hydrogens is 517 g/mol. The van der Waals surface area contributed by atoms with E-state index >= 15 is 0 Å².